The summed E-state index contributed by atoms with van der Waals surface area (Å²) in [6.45, 7) is 2.48. The topological polar surface area (TPSA) is 75.4 Å². The van der Waals surface area contributed by atoms with E-state index in [9.17, 15) is 0 Å². The van der Waals surface area contributed by atoms with Gasteiger partial charge in [0.15, 0.2) is 0 Å². The fourth-order valence-corrected chi connectivity index (χ4v) is 1.75. The monoisotopic (exact) mass is 237 g/mol. The van der Waals surface area contributed by atoms with E-state index < -0.39 is 0 Å². The van der Waals surface area contributed by atoms with Crippen molar-refractivity contribution >= 4 is 0 Å². The van der Waals surface area contributed by atoms with Gasteiger partial charge >= 0.3 is 0 Å². The molecule has 1 aromatic rings. The van der Waals surface area contributed by atoms with Crippen molar-refractivity contribution in [3.8, 4) is 6.07 Å². The fourth-order valence-electron chi connectivity index (χ4n) is 1.75. The van der Waals surface area contributed by atoms with Crippen LogP contribution in [0.3, 0.4) is 0 Å². The summed E-state index contributed by atoms with van der Waals surface area (Å²) < 4.78 is 10.5. The number of rotatable bonds is 8. The first-order chi connectivity index (χ1) is 8.33. The van der Waals surface area contributed by atoms with Gasteiger partial charge in [0.1, 0.15) is 5.76 Å². The number of methoxy groups -OCH3 is 1. The summed E-state index contributed by atoms with van der Waals surface area (Å²) in [6, 6.07) is 5.90. The lowest BCUT2D eigenvalue weighted by Gasteiger charge is -2.28. The van der Waals surface area contributed by atoms with E-state index in [0.29, 0.717) is 26.1 Å². The number of nitrogens with zero attached hydrogens (tertiary/aromatic N) is 2. The molecule has 0 spiro atoms. The van der Waals surface area contributed by atoms with Crippen LogP contribution in [0.25, 0.3) is 0 Å². The summed E-state index contributed by atoms with van der Waals surface area (Å²) in [6.07, 6.45) is 2.11. The molecule has 0 aromatic carbocycles. The highest BCUT2D eigenvalue weighted by molar-refractivity contribution is 5.05. The number of ether oxygens (including phenoxy) is 1. The molecule has 94 valence electrons. The largest absolute Gasteiger partial charge is 0.468 e. The molecular formula is C12H19N3O2. The maximum Gasteiger partial charge on any atom is 0.122 e. The fraction of sp³-hybridized carbons (Fsp3) is 0.583. The molecule has 0 saturated carbocycles. The predicted molar refractivity (Wildman–Crippen MR) is 64.2 cm³/mol. The molecule has 0 bridgehead atoms. The normalized spacial score (nSPS) is 12.6. The molecule has 1 heterocycles. The van der Waals surface area contributed by atoms with Crippen molar-refractivity contribution in [3.63, 3.8) is 0 Å². The number of furan rings is 1. The van der Waals surface area contributed by atoms with Crippen LogP contribution in [0.4, 0.5) is 0 Å². The van der Waals surface area contributed by atoms with Crippen LogP contribution in [0.5, 0.6) is 0 Å². The summed E-state index contributed by atoms with van der Waals surface area (Å²) in [5.74, 6) is 0.835. The van der Waals surface area contributed by atoms with Crippen molar-refractivity contribution in [2.24, 2.45) is 5.73 Å². The third kappa shape index (κ3) is 4.19. The lowest BCUT2D eigenvalue weighted by atomic mass is 10.2. The first kappa shape index (κ1) is 13.7. The van der Waals surface area contributed by atoms with Gasteiger partial charge in [-0.3, -0.25) is 4.90 Å². The summed E-state index contributed by atoms with van der Waals surface area (Å²) in [7, 11) is 1.66. The van der Waals surface area contributed by atoms with Crippen LogP contribution in [-0.2, 0) is 4.74 Å². The van der Waals surface area contributed by atoms with Crippen LogP contribution in [0.15, 0.2) is 22.8 Å². The first-order valence-electron chi connectivity index (χ1n) is 5.67. The van der Waals surface area contributed by atoms with E-state index in [1.165, 1.54) is 0 Å². The van der Waals surface area contributed by atoms with Gasteiger partial charge < -0.3 is 14.9 Å². The van der Waals surface area contributed by atoms with Gasteiger partial charge in [0.25, 0.3) is 0 Å². The Morgan fingerprint density at radius 3 is 2.94 bits per heavy atom. The minimum Gasteiger partial charge on any atom is -0.468 e. The van der Waals surface area contributed by atoms with Crippen LogP contribution >= 0.6 is 0 Å². The second-order valence-corrected chi connectivity index (χ2v) is 3.70. The summed E-state index contributed by atoms with van der Waals surface area (Å²) in [5, 5.41) is 8.66. The Kier molecular flexibility index (Phi) is 6.33. The smallest absolute Gasteiger partial charge is 0.122 e. The highest BCUT2D eigenvalue weighted by Crippen LogP contribution is 2.20. The van der Waals surface area contributed by atoms with E-state index >= 15 is 0 Å². The Labute approximate surface area is 102 Å². The van der Waals surface area contributed by atoms with Gasteiger partial charge in [-0.1, -0.05) is 0 Å². The second-order valence-electron chi connectivity index (χ2n) is 3.70. The first-order valence-corrected chi connectivity index (χ1v) is 5.67. The quantitative estimate of drug-likeness (QED) is 0.733. The van der Waals surface area contributed by atoms with Crippen molar-refractivity contribution < 1.29 is 9.15 Å². The third-order valence-electron chi connectivity index (χ3n) is 2.63. The molecule has 17 heavy (non-hydrogen) atoms. The SMILES string of the molecule is COCCN(CCC#N)C(CN)c1ccco1. The molecule has 1 unspecified atom stereocenters. The molecule has 0 saturated heterocycles. The van der Waals surface area contributed by atoms with Gasteiger partial charge in [-0.25, -0.2) is 0 Å². The Balaban J connectivity index is 2.67. The maximum absolute atomic E-state index is 8.66. The molecule has 5 heteroatoms. The van der Waals surface area contributed by atoms with Crippen molar-refractivity contribution in [2.45, 2.75) is 12.5 Å². The molecule has 1 rings (SSSR count). The average molecular weight is 237 g/mol. The predicted octanol–water partition coefficient (Wildman–Crippen LogP) is 1.14. The summed E-state index contributed by atoms with van der Waals surface area (Å²) in [4.78, 5) is 2.12. The van der Waals surface area contributed by atoms with Gasteiger partial charge in [-0.05, 0) is 12.1 Å². The highest BCUT2D eigenvalue weighted by atomic mass is 16.5. The van der Waals surface area contributed by atoms with E-state index in [0.717, 1.165) is 12.3 Å². The van der Waals surface area contributed by atoms with Crippen molar-refractivity contribution in [1.82, 2.24) is 4.90 Å². The molecule has 0 aliphatic heterocycles. The van der Waals surface area contributed by atoms with Gasteiger partial charge in [-0.2, -0.15) is 5.26 Å². The van der Waals surface area contributed by atoms with Crippen LogP contribution < -0.4 is 5.73 Å². The Hall–Kier alpha value is -1.35. The second kappa shape index (κ2) is 7.85. The van der Waals surface area contributed by atoms with Gasteiger partial charge in [0.05, 0.1) is 25.0 Å². The van der Waals surface area contributed by atoms with E-state index in [1.807, 2.05) is 12.1 Å². The number of nitrogens with two attached hydrogens (primary N) is 1. The molecule has 2 N–H and O–H groups in total. The Morgan fingerprint density at radius 2 is 2.41 bits per heavy atom. The molecule has 0 aliphatic carbocycles. The third-order valence-corrected chi connectivity index (χ3v) is 2.63. The molecule has 0 amide bonds. The van der Waals surface area contributed by atoms with Gasteiger partial charge in [-0.15, -0.1) is 0 Å². The number of hydrogen-bond acceptors (Lipinski definition) is 5. The zero-order chi connectivity index (χ0) is 12.5. The molecule has 0 fully saturated rings. The average Bonchev–Trinajstić information content (AvgIpc) is 2.86. The molecule has 0 aliphatic rings. The van der Waals surface area contributed by atoms with Crippen molar-refractivity contribution in [3.05, 3.63) is 24.2 Å². The van der Waals surface area contributed by atoms with Crippen molar-refractivity contribution in [1.29, 1.82) is 5.26 Å². The number of hydrogen-bond donors (Lipinski definition) is 1. The lowest BCUT2D eigenvalue weighted by molar-refractivity contribution is 0.114. The Morgan fingerprint density at radius 1 is 1.59 bits per heavy atom. The minimum atomic E-state index is 0.00787. The number of nitriles is 1. The molecule has 0 radical (unpaired) electrons. The van der Waals surface area contributed by atoms with E-state index in [2.05, 4.69) is 11.0 Å². The van der Waals surface area contributed by atoms with Gasteiger partial charge in [0.2, 0.25) is 0 Å². The van der Waals surface area contributed by atoms with Crippen LogP contribution in [0, 0.1) is 11.3 Å². The molecule has 1 atom stereocenters. The molecule has 5 nitrogen and oxygen atoms in total. The van der Waals surface area contributed by atoms with Gasteiger partial charge in [0, 0.05) is 33.2 Å². The standard InChI is InChI=1S/C12H19N3O2/c1-16-9-7-15(6-3-5-13)11(10-14)12-4-2-8-17-12/h2,4,8,11H,3,6-7,9-10,14H2,1H3. The van der Waals surface area contributed by atoms with Crippen molar-refractivity contribution in [2.75, 3.05) is 33.4 Å². The highest BCUT2D eigenvalue weighted by Gasteiger charge is 2.20. The molecular weight excluding hydrogens is 218 g/mol. The minimum absolute atomic E-state index is 0.00787. The maximum atomic E-state index is 8.66. The summed E-state index contributed by atoms with van der Waals surface area (Å²) >= 11 is 0. The van der Waals surface area contributed by atoms with E-state index in [-0.39, 0.29) is 6.04 Å². The lowest BCUT2D eigenvalue weighted by Crippen LogP contribution is -2.36. The zero-order valence-electron chi connectivity index (χ0n) is 10.1. The Bertz CT molecular complexity index is 332. The van der Waals surface area contributed by atoms with Crippen LogP contribution in [0.2, 0.25) is 0 Å². The summed E-state index contributed by atoms with van der Waals surface area (Å²) in [5.41, 5.74) is 5.78. The van der Waals surface area contributed by atoms with Crippen LogP contribution in [0.1, 0.15) is 18.2 Å². The zero-order valence-corrected chi connectivity index (χ0v) is 10.1. The van der Waals surface area contributed by atoms with E-state index in [4.69, 9.17) is 20.1 Å². The molecule has 1 aromatic heterocycles. The van der Waals surface area contributed by atoms with Crippen LogP contribution in [-0.4, -0.2) is 38.3 Å². The van der Waals surface area contributed by atoms with E-state index in [1.54, 1.807) is 13.4 Å².